The standard InChI is InChI=1S/C12H9BrN2O4S2/c13-11-7(2-1-3-9(11)15(18)19)5-20-12-14-8(6-21-12)4-10(16)17/h1-3,6H,4-5H2,(H,16,17). The fourth-order valence-corrected chi connectivity index (χ4v) is 4.12. The molecule has 110 valence electrons. The van der Waals surface area contributed by atoms with Crippen molar-refractivity contribution in [1.82, 2.24) is 4.98 Å². The van der Waals surface area contributed by atoms with Gasteiger partial charge in [-0.2, -0.15) is 0 Å². The Kier molecular flexibility index (Phi) is 5.32. The first-order valence-electron chi connectivity index (χ1n) is 5.68. The number of nitro groups is 1. The van der Waals surface area contributed by atoms with Crippen LogP contribution in [0.4, 0.5) is 5.69 Å². The number of carboxylic acid groups (broad SMARTS) is 1. The second-order valence-corrected chi connectivity index (χ2v) is 6.84. The summed E-state index contributed by atoms with van der Waals surface area (Å²) in [7, 11) is 0. The van der Waals surface area contributed by atoms with E-state index < -0.39 is 10.9 Å². The number of aromatic nitrogens is 1. The molecule has 21 heavy (non-hydrogen) atoms. The summed E-state index contributed by atoms with van der Waals surface area (Å²) in [6.07, 6.45) is -0.0996. The van der Waals surface area contributed by atoms with Gasteiger partial charge < -0.3 is 5.11 Å². The third-order valence-electron chi connectivity index (χ3n) is 2.47. The molecule has 0 saturated carbocycles. The highest BCUT2D eigenvalue weighted by Gasteiger charge is 2.15. The lowest BCUT2D eigenvalue weighted by molar-refractivity contribution is -0.385. The van der Waals surface area contributed by atoms with Crippen LogP contribution in [0.5, 0.6) is 0 Å². The second-order valence-electron chi connectivity index (χ2n) is 3.97. The topological polar surface area (TPSA) is 93.3 Å². The molecule has 1 N–H and O–H groups in total. The van der Waals surface area contributed by atoms with Gasteiger partial charge in [0, 0.05) is 17.2 Å². The monoisotopic (exact) mass is 388 g/mol. The molecule has 2 rings (SSSR count). The second kappa shape index (κ2) is 7.01. The van der Waals surface area contributed by atoms with Crippen molar-refractivity contribution in [3.05, 3.63) is 49.4 Å². The summed E-state index contributed by atoms with van der Waals surface area (Å²) in [5.41, 5.74) is 1.34. The Labute approximate surface area is 136 Å². The van der Waals surface area contributed by atoms with Crippen molar-refractivity contribution < 1.29 is 14.8 Å². The number of benzene rings is 1. The van der Waals surface area contributed by atoms with Crippen LogP contribution in [0.1, 0.15) is 11.3 Å². The van der Waals surface area contributed by atoms with Crippen molar-refractivity contribution in [3.8, 4) is 0 Å². The molecule has 1 aromatic heterocycles. The molecule has 0 saturated heterocycles. The number of nitro benzene ring substituents is 1. The van der Waals surface area contributed by atoms with Crippen LogP contribution < -0.4 is 0 Å². The van der Waals surface area contributed by atoms with Gasteiger partial charge in [0.15, 0.2) is 0 Å². The van der Waals surface area contributed by atoms with Gasteiger partial charge in [0.05, 0.1) is 21.5 Å². The van der Waals surface area contributed by atoms with Crippen LogP contribution in [0.3, 0.4) is 0 Å². The van der Waals surface area contributed by atoms with E-state index in [-0.39, 0.29) is 12.1 Å². The minimum absolute atomic E-state index is 0.0267. The van der Waals surface area contributed by atoms with E-state index in [9.17, 15) is 14.9 Å². The molecule has 0 bridgehead atoms. The predicted octanol–water partition coefficient (Wildman–Crippen LogP) is 3.73. The third-order valence-corrected chi connectivity index (χ3v) is 5.50. The van der Waals surface area contributed by atoms with Gasteiger partial charge >= 0.3 is 5.97 Å². The van der Waals surface area contributed by atoms with Crippen LogP contribution in [0.15, 0.2) is 32.4 Å². The molecule has 0 radical (unpaired) electrons. The average molecular weight is 389 g/mol. The molecule has 0 spiro atoms. The summed E-state index contributed by atoms with van der Waals surface area (Å²) in [6, 6.07) is 4.87. The van der Waals surface area contributed by atoms with E-state index in [1.165, 1.54) is 29.2 Å². The zero-order valence-corrected chi connectivity index (χ0v) is 13.7. The Morgan fingerprint density at radius 3 is 2.95 bits per heavy atom. The van der Waals surface area contributed by atoms with E-state index in [0.29, 0.717) is 15.9 Å². The SMILES string of the molecule is O=C(O)Cc1csc(SCc2cccc([N+](=O)[O-])c2Br)n1. The summed E-state index contributed by atoms with van der Waals surface area (Å²) in [5, 5.41) is 21.3. The Bertz CT molecular complexity index is 690. The van der Waals surface area contributed by atoms with Crippen LogP contribution in [0.25, 0.3) is 0 Å². The van der Waals surface area contributed by atoms with Gasteiger partial charge in [-0.15, -0.1) is 11.3 Å². The summed E-state index contributed by atoms with van der Waals surface area (Å²) in [6.45, 7) is 0. The number of halogens is 1. The van der Waals surface area contributed by atoms with Crippen LogP contribution in [-0.4, -0.2) is 21.0 Å². The van der Waals surface area contributed by atoms with Crippen molar-refractivity contribution >= 4 is 50.7 Å². The number of nitrogens with zero attached hydrogens (tertiary/aromatic N) is 2. The smallest absolute Gasteiger partial charge is 0.309 e. The first-order valence-corrected chi connectivity index (χ1v) is 8.34. The fourth-order valence-electron chi connectivity index (χ4n) is 1.55. The number of thioether (sulfide) groups is 1. The lowest BCUT2D eigenvalue weighted by Crippen LogP contribution is -1.99. The molecule has 0 aliphatic heterocycles. The number of hydrogen-bond donors (Lipinski definition) is 1. The molecule has 1 heterocycles. The van der Waals surface area contributed by atoms with Crippen LogP contribution in [0.2, 0.25) is 0 Å². The Hall–Kier alpha value is -1.45. The third kappa shape index (κ3) is 4.26. The van der Waals surface area contributed by atoms with Crippen molar-refractivity contribution in [3.63, 3.8) is 0 Å². The summed E-state index contributed by atoms with van der Waals surface area (Å²) in [5.74, 6) is -0.402. The molecule has 1 aromatic carbocycles. The fraction of sp³-hybridized carbons (Fsp3) is 0.167. The molecule has 0 amide bonds. The number of thiazole rings is 1. The Morgan fingerprint density at radius 1 is 1.52 bits per heavy atom. The highest BCUT2D eigenvalue weighted by molar-refractivity contribution is 9.10. The number of carboxylic acids is 1. The number of carbonyl (C=O) groups is 1. The molecule has 0 unspecified atom stereocenters. The van der Waals surface area contributed by atoms with Crippen LogP contribution in [-0.2, 0) is 17.0 Å². The van der Waals surface area contributed by atoms with Gasteiger partial charge in [-0.3, -0.25) is 14.9 Å². The predicted molar refractivity (Wildman–Crippen MR) is 83.8 cm³/mol. The number of aliphatic carboxylic acids is 1. The van der Waals surface area contributed by atoms with Crippen molar-refractivity contribution in [2.45, 2.75) is 16.5 Å². The first kappa shape index (κ1) is 15.9. The van der Waals surface area contributed by atoms with E-state index in [1.807, 2.05) is 0 Å². The largest absolute Gasteiger partial charge is 0.481 e. The van der Waals surface area contributed by atoms with Gasteiger partial charge in [0.25, 0.3) is 5.69 Å². The molecular formula is C12H9BrN2O4S2. The Morgan fingerprint density at radius 2 is 2.29 bits per heavy atom. The summed E-state index contributed by atoms with van der Waals surface area (Å²) in [4.78, 5) is 25.2. The van der Waals surface area contributed by atoms with E-state index in [2.05, 4.69) is 20.9 Å². The molecule has 0 aliphatic rings. The van der Waals surface area contributed by atoms with E-state index in [4.69, 9.17) is 5.11 Å². The first-order chi connectivity index (χ1) is 9.97. The van der Waals surface area contributed by atoms with Gasteiger partial charge in [0.2, 0.25) is 0 Å². The summed E-state index contributed by atoms with van der Waals surface area (Å²) >= 11 is 6.03. The normalized spacial score (nSPS) is 10.5. The molecule has 0 fully saturated rings. The maximum atomic E-state index is 10.9. The van der Waals surface area contributed by atoms with Crippen molar-refractivity contribution in [1.29, 1.82) is 0 Å². The maximum absolute atomic E-state index is 10.9. The maximum Gasteiger partial charge on any atom is 0.309 e. The van der Waals surface area contributed by atoms with Gasteiger partial charge in [-0.1, -0.05) is 23.9 Å². The Balaban J connectivity index is 2.06. The number of rotatable bonds is 6. The van der Waals surface area contributed by atoms with E-state index in [0.717, 1.165) is 9.90 Å². The van der Waals surface area contributed by atoms with E-state index in [1.54, 1.807) is 17.5 Å². The zero-order chi connectivity index (χ0) is 15.4. The lowest BCUT2D eigenvalue weighted by Gasteiger charge is -2.03. The molecule has 0 atom stereocenters. The molecular weight excluding hydrogens is 380 g/mol. The van der Waals surface area contributed by atoms with Gasteiger partial charge in [-0.25, -0.2) is 4.98 Å². The molecule has 0 aliphatic carbocycles. The quantitative estimate of drug-likeness (QED) is 0.460. The average Bonchev–Trinajstić information content (AvgIpc) is 2.84. The molecule has 6 nitrogen and oxygen atoms in total. The van der Waals surface area contributed by atoms with Crippen molar-refractivity contribution in [2.75, 3.05) is 0 Å². The zero-order valence-electron chi connectivity index (χ0n) is 10.5. The van der Waals surface area contributed by atoms with Crippen LogP contribution >= 0.6 is 39.0 Å². The van der Waals surface area contributed by atoms with Gasteiger partial charge in [-0.05, 0) is 21.5 Å². The summed E-state index contributed by atoms with van der Waals surface area (Å²) < 4.78 is 1.20. The van der Waals surface area contributed by atoms with E-state index >= 15 is 0 Å². The van der Waals surface area contributed by atoms with Gasteiger partial charge in [0.1, 0.15) is 4.34 Å². The minimum Gasteiger partial charge on any atom is -0.481 e. The minimum atomic E-state index is -0.918. The number of hydrogen-bond acceptors (Lipinski definition) is 6. The highest BCUT2D eigenvalue weighted by atomic mass is 79.9. The highest BCUT2D eigenvalue weighted by Crippen LogP contribution is 2.33. The lowest BCUT2D eigenvalue weighted by atomic mass is 10.2. The molecule has 9 heteroatoms. The van der Waals surface area contributed by atoms with Crippen LogP contribution in [0, 0.1) is 10.1 Å². The van der Waals surface area contributed by atoms with Crippen molar-refractivity contribution in [2.24, 2.45) is 0 Å². The molecule has 2 aromatic rings.